The summed E-state index contributed by atoms with van der Waals surface area (Å²) in [6.45, 7) is 0. The molecule has 4 rings (SSSR count). The molecule has 1 aromatic carbocycles. The highest BCUT2D eigenvalue weighted by Crippen LogP contribution is 2.39. The fourth-order valence-electron chi connectivity index (χ4n) is 3.41. The molecule has 2 aliphatic rings. The molecule has 0 spiro atoms. The van der Waals surface area contributed by atoms with Gasteiger partial charge in [0.15, 0.2) is 9.84 Å². The van der Waals surface area contributed by atoms with Crippen molar-refractivity contribution < 1.29 is 13.6 Å². The number of thioether (sulfide) groups is 1. The first-order valence-electron chi connectivity index (χ1n) is 8.93. The highest BCUT2D eigenvalue weighted by atomic mass is 79.9. The van der Waals surface area contributed by atoms with Crippen molar-refractivity contribution in [3.63, 3.8) is 0 Å². The van der Waals surface area contributed by atoms with Crippen LogP contribution in [0, 0.1) is 5.82 Å². The SMILES string of the molecule is O=C1/C(=C/c2ccc(Br)o2)SC(=Nc2ccccc2F)N1C1CCCCC1. The van der Waals surface area contributed by atoms with Crippen molar-refractivity contribution in [2.45, 2.75) is 38.1 Å². The zero-order valence-electron chi connectivity index (χ0n) is 14.5. The number of halogens is 2. The third kappa shape index (κ3) is 4.04. The minimum atomic E-state index is -0.394. The van der Waals surface area contributed by atoms with Gasteiger partial charge in [-0.05, 0) is 64.8 Å². The summed E-state index contributed by atoms with van der Waals surface area (Å²) in [5, 5.41) is 0.536. The van der Waals surface area contributed by atoms with E-state index in [1.54, 1.807) is 41.3 Å². The molecule has 140 valence electrons. The highest BCUT2D eigenvalue weighted by molar-refractivity contribution is 9.10. The van der Waals surface area contributed by atoms with E-state index in [2.05, 4.69) is 20.9 Å². The van der Waals surface area contributed by atoms with Crippen LogP contribution >= 0.6 is 27.7 Å². The molecule has 1 saturated carbocycles. The second kappa shape index (κ2) is 8.02. The van der Waals surface area contributed by atoms with Crippen molar-refractivity contribution >= 4 is 50.5 Å². The predicted molar refractivity (Wildman–Crippen MR) is 109 cm³/mol. The van der Waals surface area contributed by atoms with Crippen LogP contribution in [0.3, 0.4) is 0 Å². The third-order valence-electron chi connectivity index (χ3n) is 4.71. The van der Waals surface area contributed by atoms with Gasteiger partial charge in [-0.25, -0.2) is 9.38 Å². The summed E-state index contributed by atoms with van der Waals surface area (Å²) >= 11 is 4.55. The molecule has 2 heterocycles. The van der Waals surface area contributed by atoms with Gasteiger partial charge in [-0.3, -0.25) is 9.69 Å². The molecular formula is C20H18BrFN2O2S. The largest absolute Gasteiger partial charge is 0.450 e. The number of carbonyl (C=O) groups is 1. The lowest BCUT2D eigenvalue weighted by atomic mass is 9.94. The van der Waals surface area contributed by atoms with Crippen molar-refractivity contribution in [1.29, 1.82) is 0 Å². The second-order valence-electron chi connectivity index (χ2n) is 6.57. The molecule has 0 atom stereocenters. The average Bonchev–Trinajstić information content (AvgIpc) is 3.21. The lowest BCUT2D eigenvalue weighted by Crippen LogP contribution is -2.40. The Balaban J connectivity index is 1.71. The van der Waals surface area contributed by atoms with Gasteiger partial charge in [0, 0.05) is 12.1 Å². The van der Waals surface area contributed by atoms with Gasteiger partial charge in [0.2, 0.25) is 0 Å². The van der Waals surface area contributed by atoms with Crippen LogP contribution < -0.4 is 0 Å². The highest BCUT2D eigenvalue weighted by Gasteiger charge is 2.39. The van der Waals surface area contributed by atoms with E-state index in [1.165, 1.54) is 24.2 Å². The number of aliphatic imine (C=N–C) groups is 1. The number of hydrogen-bond acceptors (Lipinski definition) is 4. The molecule has 7 heteroatoms. The second-order valence-corrected chi connectivity index (χ2v) is 8.36. The van der Waals surface area contributed by atoms with Gasteiger partial charge in [-0.2, -0.15) is 0 Å². The lowest BCUT2D eigenvalue weighted by Gasteiger charge is -2.30. The van der Waals surface area contributed by atoms with Crippen LogP contribution in [0.15, 0.2) is 55.4 Å². The van der Waals surface area contributed by atoms with Crippen LogP contribution in [-0.4, -0.2) is 22.0 Å². The van der Waals surface area contributed by atoms with E-state index in [1.807, 2.05) is 0 Å². The van der Waals surface area contributed by atoms with Gasteiger partial charge < -0.3 is 4.42 Å². The number of benzene rings is 1. The maximum Gasteiger partial charge on any atom is 0.267 e. The first-order valence-corrected chi connectivity index (χ1v) is 10.5. The zero-order chi connectivity index (χ0) is 18.8. The molecule has 1 amide bonds. The minimum absolute atomic E-state index is 0.0884. The van der Waals surface area contributed by atoms with Crippen LogP contribution in [0.4, 0.5) is 10.1 Å². The predicted octanol–water partition coefficient (Wildman–Crippen LogP) is 6.12. The maximum absolute atomic E-state index is 14.1. The van der Waals surface area contributed by atoms with Gasteiger partial charge in [-0.15, -0.1) is 0 Å². The van der Waals surface area contributed by atoms with Gasteiger partial charge in [-0.1, -0.05) is 31.4 Å². The summed E-state index contributed by atoms with van der Waals surface area (Å²) in [6.07, 6.45) is 6.99. The number of hydrogen-bond donors (Lipinski definition) is 0. The van der Waals surface area contributed by atoms with Crippen LogP contribution in [0.5, 0.6) is 0 Å². The van der Waals surface area contributed by atoms with E-state index < -0.39 is 5.82 Å². The molecule has 1 aromatic heterocycles. The van der Waals surface area contributed by atoms with E-state index in [4.69, 9.17) is 4.42 Å². The standard InChI is InChI=1S/C20H18BrFN2O2S/c21-18-11-10-14(26-18)12-17-19(25)24(13-6-2-1-3-7-13)20(27-17)23-16-9-5-4-8-15(16)22/h4-5,8-13H,1-3,6-7H2/b17-12-,23-20?. The Kier molecular flexibility index (Phi) is 5.50. The normalized spacial score (nSPS) is 21.6. The van der Waals surface area contributed by atoms with Gasteiger partial charge >= 0.3 is 0 Å². The van der Waals surface area contributed by atoms with E-state index in [0.29, 0.717) is 20.5 Å². The molecule has 1 aliphatic carbocycles. The maximum atomic E-state index is 14.1. The van der Waals surface area contributed by atoms with E-state index in [9.17, 15) is 9.18 Å². The van der Waals surface area contributed by atoms with Gasteiger partial charge in [0.25, 0.3) is 5.91 Å². The van der Waals surface area contributed by atoms with Gasteiger partial charge in [0.1, 0.15) is 17.3 Å². The molecule has 0 unspecified atom stereocenters. The van der Waals surface area contributed by atoms with E-state index in [0.717, 1.165) is 25.7 Å². The summed E-state index contributed by atoms with van der Waals surface area (Å²) in [5.74, 6) is 0.108. The third-order valence-corrected chi connectivity index (χ3v) is 6.12. The molecule has 27 heavy (non-hydrogen) atoms. The molecule has 1 aliphatic heterocycles. The Morgan fingerprint density at radius 2 is 1.96 bits per heavy atom. The number of carbonyl (C=O) groups excluding carboxylic acids is 1. The minimum Gasteiger partial charge on any atom is -0.450 e. The first kappa shape index (κ1) is 18.5. The Morgan fingerprint density at radius 3 is 2.67 bits per heavy atom. The Hall–Kier alpha value is -1.86. The Morgan fingerprint density at radius 1 is 1.19 bits per heavy atom. The molecule has 2 fully saturated rings. The Labute approximate surface area is 169 Å². The first-order chi connectivity index (χ1) is 13.1. The van der Waals surface area contributed by atoms with Crippen molar-refractivity contribution in [3.05, 3.63) is 57.6 Å². The summed E-state index contributed by atoms with van der Waals surface area (Å²) in [6, 6.07) is 10.1. The fraction of sp³-hybridized carbons (Fsp3) is 0.300. The topological polar surface area (TPSA) is 45.8 Å². The smallest absolute Gasteiger partial charge is 0.267 e. The summed E-state index contributed by atoms with van der Waals surface area (Å²) in [5.41, 5.74) is 0.246. The molecule has 1 saturated heterocycles. The number of nitrogens with zero attached hydrogens (tertiary/aromatic N) is 2. The number of amidine groups is 1. The summed E-state index contributed by atoms with van der Waals surface area (Å²) in [7, 11) is 0. The molecule has 4 nitrogen and oxygen atoms in total. The summed E-state index contributed by atoms with van der Waals surface area (Å²) in [4.78, 5) is 19.9. The van der Waals surface area contributed by atoms with E-state index in [-0.39, 0.29) is 17.6 Å². The summed E-state index contributed by atoms with van der Waals surface area (Å²) < 4.78 is 20.2. The molecule has 2 aromatic rings. The number of para-hydroxylation sites is 1. The molecule has 0 radical (unpaired) electrons. The Bertz CT molecular complexity index is 918. The van der Waals surface area contributed by atoms with Crippen molar-refractivity contribution in [2.24, 2.45) is 4.99 Å². The quantitative estimate of drug-likeness (QED) is 0.531. The molecule has 0 N–H and O–H groups in total. The average molecular weight is 449 g/mol. The van der Waals surface area contributed by atoms with Crippen LogP contribution in [0.2, 0.25) is 0 Å². The molecular weight excluding hydrogens is 431 g/mol. The van der Waals surface area contributed by atoms with Crippen LogP contribution in [0.1, 0.15) is 37.9 Å². The number of amides is 1. The van der Waals surface area contributed by atoms with Crippen molar-refractivity contribution in [3.8, 4) is 0 Å². The van der Waals surface area contributed by atoms with Crippen LogP contribution in [0.25, 0.3) is 6.08 Å². The number of furan rings is 1. The van der Waals surface area contributed by atoms with Crippen molar-refractivity contribution in [2.75, 3.05) is 0 Å². The zero-order valence-corrected chi connectivity index (χ0v) is 16.9. The lowest BCUT2D eigenvalue weighted by molar-refractivity contribution is -0.124. The van der Waals surface area contributed by atoms with Crippen LogP contribution in [-0.2, 0) is 4.79 Å². The van der Waals surface area contributed by atoms with Crippen molar-refractivity contribution in [1.82, 2.24) is 4.90 Å². The van der Waals surface area contributed by atoms with Gasteiger partial charge in [0.05, 0.1) is 4.91 Å². The molecule has 0 bridgehead atoms. The fourth-order valence-corrected chi connectivity index (χ4v) is 4.76. The number of rotatable bonds is 3. The monoisotopic (exact) mass is 448 g/mol. The van der Waals surface area contributed by atoms with E-state index >= 15 is 0 Å².